The van der Waals surface area contributed by atoms with E-state index in [1.165, 1.54) is 29.5 Å². The van der Waals surface area contributed by atoms with Crippen molar-refractivity contribution in [3.05, 3.63) is 64.2 Å². The van der Waals surface area contributed by atoms with Crippen LogP contribution < -0.4 is 4.74 Å². The fraction of sp³-hybridized carbons (Fsp3) is 0.480. The third-order valence-corrected chi connectivity index (χ3v) is 6.09. The first kappa shape index (κ1) is 20.4. The molecule has 0 amide bonds. The number of aromatic carboxylic acids is 1. The molecule has 0 radical (unpaired) electrons. The molecule has 0 fully saturated rings. The Morgan fingerprint density at radius 1 is 1.00 bits per heavy atom. The molecule has 0 aromatic heterocycles. The lowest BCUT2D eigenvalue weighted by molar-refractivity contribution is 0.0697. The van der Waals surface area contributed by atoms with E-state index in [0.29, 0.717) is 12.2 Å². The fourth-order valence-corrected chi connectivity index (χ4v) is 4.11. The summed E-state index contributed by atoms with van der Waals surface area (Å²) < 4.78 is 6.15. The van der Waals surface area contributed by atoms with Crippen molar-refractivity contribution >= 4 is 5.97 Å². The molecule has 0 unspecified atom stereocenters. The lowest BCUT2D eigenvalue weighted by Gasteiger charge is -2.42. The van der Waals surface area contributed by atoms with Crippen LogP contribution in [0.25, 0.3) is 0 Å². The largest absolute Gasteiger partial charge is 0.493 e. The molecular formula is C25H32O3. The molecule has 150 valence electrons. The van der Waals surface area contributed by atoms with E-state index in [1.807, 2.05) is 12.1 Å². The Balaban J connectivity index is 2.04. The fourth-order valence-electron chi connectivity index (χ4n) is 4.11. The molecule has 2 aromatic rings. The third kappa shape index (κ3) is 4.09. The average molecular weight is 381 g/mol. The minimum absolute atomic E-state index is 0.149. The topological polar surface area (TPSA) is 46.5 Å². The second-order valence-electron chi connectivity index (χ2n) is 9.30. The van der Waals surface area contributed by atoms with E-state index < -0.39 is 5.97 Å². The Hall–Kier alpha value is -2.29. The van der Waals surface area contributed by atoms with Gasteiger partial charge >= 0.3 is 5.97 Å². The second kappa shape index (κ2) is 7.62. The van der Waals surface area contributed by atoms with Crippen LogP contribution in [0.5, 0.6) is 5.75 Å². The predicted molar refractivity (Wildman–Crippen MR) is 114 cm³/mol. The monoisotopic (exact) mass is 380 g/mol. The molecule has 0 atom stereocenters. The number of fused-ring (bicyclic) bond motifs is 1. The van der Waals surface area contributed by atoms with Gasteiger partial charge in [0, 0.05) is 6.42 Å². The van der Waals surface area contributed by atoms with E-state index >= 15 is 0 Å². The highest BCUT2D eigenvalue weighted by atomic mass is 16.5. The number of carboxylic acids is 1. The third-order valence-electron chi connectivity index (χ3n) is 6.09. The number of hydrogen-bond donors (Lipinski definition) is 1. The summed E-state index contributed by atoms with van der Waals surface area (Å²) in [6.45, 7) is 12.1. The minimum atomic E-state index is -0.892. The molecule has 3 nitrogen and oxygen atoms in total. The van der Waals surface area contributed by atoms with Crippen molar-refractivity contribution in [1.82, 2.24) is 0 Å². The first-order valence-corrected chi connectivity index (χ1v) is 10.3. The van der Waals surface area contributed by atoms with Gasteiger partial charge in [0.2, 0.25) is 0 Å². The van der Waals surface area contributed by atoms with Gasteiger partial charge in [-0.15, -0.1) is 0 Å². The molecule has 1 N–H and O–H groups in total. The molecule has 3 rings (SSSR count). The number of ether oxygens (including phenoxy) is 1. The van der Waals surface area contributed by atoms with Crippen molar-refractivity contribution in [2.24, 2.45) is 0 Å². The molecule has 0 aliphatic heterocycles. The molecule has 1 aliphatic carbocycles. The molecule has 0 bridgehead atoms. The first-order chi connectivity index (χ1) is 13.1. The van der Waals surface area contributed by atoms with Crippen molar-refractivity contribution in [3.63, 3.8) is 0 Å². The Morgan fingerprint density at radius 2 is 1.57 bits per heavy atom. The Kier molecular flexibility index (Phi) is 5.56. The van der Waals surface area contributed by atoms with Gasteiger partial charge in [-0.25, -0.2) is 4.79 Å². The van der Waals surface area contributed by atoms with Crippen molar-refractivity contribution in [2.75, 3.05) is 6.61 Å². The highest BCUT2D eigenvalue weighted by Crippen LogP contribution is 2.47. The van der Waals surface area contributed by atoms with Gasteiger partial charge in [0.15, 0.2) is 0 Å². The maximum absolute atomic E-state index is 11.1. The zero-order chi connectivity index (χ0) is 20.5. The molecule has 2 aromatic carbocycles. The highest BCUT2D eigenvalue weighted by Gasteiger charge is 2.37. The minimum Gasteiger partial charge on any atom is -0.493 e. The van der Waals surface area contributed by atoms with Crippen LogP contribution in [0.1, 0.15) is 86.5 Å². The maximum atomic E-state index is 11.1. The van der Waals surface area contributed by atoms with Gasteiger partial charge in [0.1, 0.15) is 5.75 Å². The Morgan fingerprint density at radius 3 is 2.11 bits per heavy atom. The van der Waals surface area contributed by atoms with Crippen molar-refractivity contribution < 1.29 is 14.6 Å². The molecule has 1 aliphatic rings. The summed E-state index contributed by atoms with van der Waals surface area (Å²) in [5, 5.41) is 9.13. The van der Waals surface area contributed by atoms with Crippen molar-refractivity contribution in [1.29, 1.82) is 0 Å². The zero-order valence-corrected chi connectivity index (χ0v) is 17.8. The second-order valence-corrected chi connectivity index (χ2v) is 9.30. The van der Waals surface area contributed by atoms with E-state index in [9.17, 15) is 4.79 Å². The van der Waals surface area contributed by atoms with Crippen molar-refractivity contribution in [3.8, 4) is 5.75 Å². The van der Waals surface area contributed by atoms with Gasteiger partial charge in [-0.2, -0.15) is 0 Å². The normalized spacial score (nSPS) is 17.0. The first-order valence-electron chi connectivity index (χ1n) is 10.3. The summed E-state index contributed by atoms with van der Waals surface area (Å²) in [6, 6.07) is 11.8. The van der Waals surface area contributed by atoms with Gasteiger partial charge < -0.3 is 9.84 Å². The predicted octanol–water partition coefficient (Wildman–Crippen LogP) is 6.11. The van der Waals surface area contributed by atoms with Crippen LogP contribution in [-0.2, 0) is 17.3 Å². The smallest absolute Gasteiger partial charge is 0.335 e. The molecular weight excluding hydrogens is 348 g/mol. The summed E-state index contributed by atoms with van der Waals surface area (Å²) >= 11 is 0. The lowest BCUT2D eigenvalue weighted by atomic mass is 9.63. The summed E-state index contributed by atoms with van der Waals surface area (Å²) in [4.78, 5) is 11.1. The van der Waals surface area contributed by atoms with E-state index in [-0.39, 0.29) is 10.8 Å². The van der Waals surface area contributed by atoms with Crippen LogP contribution >= 0.6 is 0 Å². The summed E-state index contributed by atoms with van der Waals surface area (Å²) in [5.41, 5.74) is 5.72. The molecule has 0 saturated heterocycles. The average Bonchev–Trinajstić information content (AvgIpc) is 2.64. The van der Waals surface area contributed by atoms with Crippen LogP contribution in [0.4, 0.5) is 0 Å². The highest BCUT2D eigenvalue weighted by molar-refractivity contribution is 5.87. The summed E-state index contributed by atoms with van der Waals surface area (Å²) in [6.07, 6.45) is 4.06. The lowest BCUT2D eigenvalue weighted by Crippen LogP contribution is -2.34. The van der Waals surface area contributed by atoms with Crippen LogP contribution in [0, 0.1) is 0 Å². The van der Waals surface area contributed by atoms with Gasteiger partial charge in [-0.3, -0.25) is 0 Å². The molecule has 0 spiro atoms. The van der Waals surface area contributed by atoms with Crippen molar-refractivity contribution in [2.45, 2.75) is 71.1 Å². The van der Waals surface area contributed by atoms with E-state index in [0.717, 1.165) is 24.2 Å². The quantitative estimate of drug-likeness (QED) is 0.657. The molecule has 0 saturated carbocycles. The SMILES string of the molecule is CCCOc1cc2c(cc1Cc1ccc(C(=O)O)cc1)C(C)(C)CCC2(C)C. The molecule has 28 heavy (non-hydrogen) atoms. The maximum Gasteiger partial charge on any atom is 0.335 e. The van der Waals surface area contributed by atoms with E-state index in [1.54, 1.807) is 12.1 Å². The standard InChI is InChI=1S/C25H32O3/c1-6-13-28-22-16-21-20(24(2,3)11-12-25(21,4)5)15-19(22)14-17-7-9-18(10-8-17)23(26)27/h7-10,15-16H,6,11-14H2,1-5H3,(H,26,27). The Bertz CT molecular complexity index is 860. The van der Waals surface area contributed by atoms with Crippen LogP contribution in [0.15, 0.2) is 36.4 Å². The van der Waals surface area contributed by atoms with Gasteiger partial charge in [-0.1, -0.05) is 52.8 Å². The number of carboxylic acid groups (broad SMARTS) is 1. The number of hydrogen-bond acceptors (Lipinski definition) is 2. The number of carbonyl (C=O) groups is 1. The van der Waals surface area contributed by atoms with Crippen LogP contribution in [0.2, 0.25) is 0 Å². The van der Waals surface area contributed by atoms with Crippen LogP contribution in [0.3, 0.4) is 0 Å². The van der Waals surface area contributed by atoms with Gasteiger partial charge in [0.05, 0.1) is 12.2 Å². The van der Waals surface area contributed by atoms with E-state index in [4.69, 9.17) is 9.84 Å². The summed E-state index contributed by atoms with van der Waals surface area (Å²) in [7, 11) is 0. The number of benzene rings is 2. The number of rotatable bonds is 6. The molecule has 3 heteroatoms. The van der Waals surface area contributed by atoms with E-state index in [2.05, 4.69) is 46.8 Å². The zero-order valence-electron chi connectivity index (χ0n) is 17.8. The van der Waals surface area contributed by atoms with Gasteiger partial charge in [-0.05, 0) is 70.5 Å². The molecule has 0 heterocycles. The Labute approximate surface area is 168 Å². The van der Waals surface area contributed by atoms with Crippen LogP contribution in [-0.4, -0.2) is 17.7 Å². The summed E-state index contributed by atoms with van der Waals surface area (Å²) in [5.74, 6) is 0.0740. The van der Waals surface area contributed by atoms with Gasteiger partial charge in [0.25, 0.3) is 0 Å².